The van der Waals surface area contributed by atoms with Gasteiger partial charge in [-0.05, 0) is 33.1 Å². The maximum absolute atomic E-state index is 11.9. The molecule has 1 aliphatic heterocycles. The molecule has 0 aromatic carbocycles. The molecule has 0 amide bonds. The Labute approximate surface area is 114 Å². The molecule has 1 rings (SSSR count). The predicted molar refractivity (Wildman–Crippen MR) is 71.9 cm³/mol. The second kappa shape index (κ2) is 5.12. The molecular formula is C14H25NO4. The molecule has 0 saturated carbocycles. The molecule has 0 aromatic heterocycles. The standard InChI is InChI=1S/C14H25NO4/c1-6-10-13(5,11(16)17)8(3)15-9(4)14(10,7-2)12(18)19/h8-10,15H,6-7H2,1-5H3,(H,16,17)(H,18,19). The maximum atomic E-state index is 11.9. The van der Waals surface area contributed by atoms with Crippen LogP contribution in [0.1, 0.15) is 47.5 Å². The Morgan fingerprint density at radius 1 is 1.11 bits per heavy atom. The Morgan fingerprint density at radius 3 is 1.95 bits per heavy atom. The van der Waals surface area contributed by atoms with Crippen LogP contribution in [-0.4, -0.2) is 34.2 Å². The molecule has 1 fully saturated rings. The summed E-state index contributed by atoms with van der Waals surface area (Å²) in [5.41, 5.74) is -2.11. The number of carboxylic acids is 2. The quantitative estimate of drug-likeness (QED) is 0.727. The van der Waals surface area contributed by atoms with E-state index in [1.54, 1.807) is 6.92 Å². The monoisotopic (exact) mass is 271 g/mol. The van der Waals surface area contributed by atoms with E-state index in [4.69, 9.17) is 0 Å². The second-order valence-corrected chi connectivity index (χ2v) is 5.86. The van der Waals surface area contributed by atoms with Crippen LogP contribution in [0.3, 0.4) is 0 Å². The summed E-state index contributed by atoms with van der Waals surface area (Å²) < 4.78 is 0. The molecule has 3 N–H and O–H groups in total. The average molecular weight is 271 g/mol. The lowest BCUT2D eigenvalue weighted by Crippen LogP contribution is -2.69. The number of carboxylic acid groups (broad SMARTS) is 2. The zero-order valence-corrected chi connectivity index (χ0v) is 12.4. The van der Waals surface area contributed by atoms with E-state index < -0.39 is 28.7 Å². The number of nitrogens with one attached hydrogen (secondary N) is 1. The van der Waals surface area contributed by atoms with Crippen molar-refractivity contribution < 1.29 is 19.8 Å². The van der Waals surface area contributed by atoms with Crippen molar-refractivity contribution in [2.75, 3.05) is 0 Å². The fourth-order valence-electron chi connectivity index (χ4n) is 4.00. The van der Waals surface area contributed by atoms with Crippen molar-refractivity contribution in [3.8, 4) is 0 Å². The van der Waals surface area contributed by atoms with Crippen LogP contribution < -0.4 is 5.32 Å². The first-order valence-electron chi connectivity index (χ1n) is 6.92. The third-order valence-electron chi connectivity index (χ3n) is 5.37. The summed E-state index contributed by atoms with van der Waals surface area (Å²) in [7, 11) is 0. The maximum Gasteiger partial charge on any atom is 0.311 e. The van der Waals surface area contributed by atoms with Gasteiger partial charge in [-0.25, -0.2) is 0 Å². The highest BCUT2D eigenvalue weighted by Crippen LogP contribution is 2.52. The van der Waals surface area contributed by atoms with Crippen LogP contribution in [0.5, 0.6) is 0 Å². The van der Waals surface area contributed by atoms with Gasteiger partial charge in [0.15, 0.2) is 0 Å². The molecule has 1 saturated heterocycles. The number of piperidine rings is 1. The molecule has 110 valence electrons. The Morgan fingerprint density at radius 2 is 1.63 bits per heavy atom. The molecular weight excluding hydrogens is 246 g/mol. The van der Waals surface area contributed by atoms with E-state index in [1.807, 2.05) is 27.7 Å². The molecule has 5 heteroatoms. The van der Waals surface area contributed by atoms with Crippen LogP contribution in [0, 0.1) is 16.7 Å². The van der Waals surface area contributed by atoms with Gasteiger partial charge >= 0.3 is 11.9 Å². The summed E-state index contributed by atoms with van der Waals surface area (Å²) in [6.45, 7) is 9.05. The highest BCUT2D eigenvalue weighted by molar-refractivity contribution is 5.81. The van der Waals surface area contributed by atoms with Crippen LogP contribution in [0.4, 0.5) is 0 Å². The van der Waals surface area contributed by atoms with E-state index in [9.17, 15) is 19.8 Å². The van der Waals surface area contributed by atoms with Gasteiger partial charge in [-0.2, -0.15) is 0 Å². The smallest absolute Gasteiger partial charge is 0.311 e. The minimum Gasteiger partial charge on any atom is -0.481 e. The molecule has 0 radical (unpaired) electrons. The van der Waals surface area contributed by atoms with Crippen LogP contribution in [-0.2, 0) is 9.59 Å². The van der Waals surface area contributed by atoms with Crippen molar-refractivity contribution in [1.29, 1.82) is 0 Å². The third-order valence-corrected chi connectivity index (χ3v) is 5.37. The van der Waals surface area contributed by atoms with Crippen molar-refractivity contribution >= 4 is 11.9 Å². The van der Waals surface area contributed by atoms with Crippen molar-refractivity contribution in [1.82, 2.24) is 5.32 Å². The van der Waals surface area contributed by atoms with Gasteiger partial charge in [0.2, 0.25) is 0 Å². The van der Waals surface area contributed by atoms with Gasteiger partial charge in [0.25, 0.3) is 0 Å². The number of hydrogen-bond acceptors (Lipinski definition) is 3. The predicted octanol–water partition coefficient (Wildman–Crippen LogP) is 1.96. The molecule has 0 aliphatic carbocycles. The highest BCUT2D eigenvalue weighted by Gasteiger charge is 2.62. The first kappa shape index (κ1) is 16.0. The molecule has 5 unspecified atom stereocenters. The lowest BCUT2D eigenvalue weighted by Gasteiger charge is -2.55. The van der Waals surface area contributed by atoms with Gasteiger partial charge in [-0.3, -0.25) is 9.59 Å². The van der Waals surface area contributed by atoms with E-state index in [-0.39, 0.29) is 12.1 Å². The first-order valence-corrected chi connectivity index (χ1v) is 6.92. The lowest BCUT2D eigenvalue weighted by molar-refractivity contribution is -0.179. The van der Waals surface area contributed by atoms with Crippen molar-refractivity contribution in [2.24, 2.45) is 16.7 Å². The largest absolute Gasteiger partial charge is 0.481 e. The minimum atomic E-state index is -1.07. The van der Waals surface area contributed by atoms with E-state index >= 15 is 0 Å². The van der Waals surface area contributed by atoms with Gasteiger partial charge in [0.05, 0.1) is 10.8 Å². The van der Waals surface area contributed by atoms with Crippen molar-refractivity contribution in [2.45, 2.75) is 59.5 Å². The second-order valence-electron chi connectivity index (χ2n) is 5.86. The summed E-state index contributed by atoms with van der Waals surface area (Å²) in [6, 6.07) is -0.508. The van der Waals surface area contributed by atoms with Crippen molar-refractivity contribution in [3.05, 3.63) is 0 Å². The van der Waals surface area contributed by atoms with Gasteiger partial charge in [0, 0.05) is 12.1 Å². The van der Waals surface area contributed by atoms with Crippen LogP contribution in [0.2, 0.25) is 0 Å². The van der Waals surface area contributed by atoms with E-state index in [0.29, 0.717) is 12.8 Å². The third kappa shape index (κ3) is 1.95. The topological polar surface area (TPSA) is 86.6 Å². The minimum absolute atomic E-state index is 0.248. The Bertz CT molecular complexity index is 384. The number of rotatable bonds is 4. The van der Waals surface area contributed by atoms with Crippen LogP contribution >= 0.6 is 0 Å². The SMILES string of the molecule is CCC1C(C)(C(=O)O)C(C)NC(C)C1(CC)C(=O)O. The van der Waals surface area contributed by atoms with Crippen LogP contribution in [0.15, 0.2) is 0 Å². The van der Waals surface area contributed by atoms with E-state index in [1.165, 1.54) is 0 Å². The number of carbonyl (C=O) groups is 2. The first-order chi connectivity index (χ1) is 8.69. The molecule has 19 heavy (non-hydrogen) atoms. The van der Waals surface area contributed by atoms with E-state index in [0.717, 1.165) is 0 Å². The summed E-state index contributed by atoms with van der Waals surface area (Å²) in [5, 5.41) is 22.5. The normalized spacial score (nSPS) is 42.9. The summed E-state index contributed by atoms with van der Waals surface area (Å²) >= 11 is 0. The number of aliphatic carboxylic acids is 2. The molecule has 5 nitrogen and oxygen atoms in total. The molecule has 0 bridgehead atoms. The summed E-state index contributed by atoms with van der Waals surface area (Å²) in [5.74, 6) is -2.22. The Hall–Kier alpha value is -1.10. The Balaban J connectivity index is 3.47. The fraction of sp³-hybridized carbons (Fsp3) is 0.857. The lowest BCUT2D eigenvalue weighted by atomic mass is 9.52. The van der Waals surface area contributed by atoms with Gasteiger partial charge < -0.3 is 15.5 Å². The molecule has 1 aliphatic rings. The van der Waals surface area contributed by atoms with Gasteiger partial charge in [0.1, 0.15) is 0 Å². The van der Waals surface area contributed by atoms with Gasteiger partial charge in [-0.1, -0.05) is 20.3 Å². The molecule has 0 spiro atoms. The summed E-state index contributed by atoms with van der Waals surface area (Å²) in [4.78, 5) is 23.6. The fourth-order valence-corrected chi connectivity index (χ4v) is 4.00. The molecule has 0 aromatic rings. The summed E-state index contributed by atoms with van der Waals surface area (Å²) in [6.07, 6.45) is 0.962. The van der Waals surface area contributed by atoms with Gasteiger partial charge in [-0.15, -0.1) is 0 Å². The Kier molecular flexibility index (Phi) is 4.30. The van der Waals surface area contributed by atoms with Crippen LogP contribution in [0.25, 0.3) is 0 Å². The zero-order chi connectivity index (χ0) is 15.0. The highest BCUT2D eigenvalue weighted by atomic mass is 16.4. The van der Waals surface area contributed by atoms with E-state index in [2.05, 4.69) is 5.32 Å². The zero-order valence-electron chi connectivity index (χ0n) is 12.4. The molecule has 1 heterocycles. The molecule has 5 atom stereocenters. The van der Waals surface area contributed by atoms with Crippen molar-refractivity contribution in [3.63, 3.8) is 0 Å². The number of hydrogen-bond donors (Lipinski definition) is 3. The average Bonchev–Trinajstić information content (AvgIpc) is 2.32.